The van der Waals surface area contributed by atoms with Crippen LogP contribution < -0.4 is 9.64 Å². The molecule has 1 atom stereocenters. The third-order valence-corrected chi connectivity index (χ3v) is 8.43. The number of carbonyl (C=O) groups excluding carboxylic acids is 2. The summed E-state index contributed by atoms with van der Waals surface area (Å²) in [7, 11) is 0. The third-order valence-electron chi connectivity index (χ3n) is 8.08. The normalized spacial score (nSPS) is 22.1. The summed E-state index contributed by atoms with van der Waals surface area (Å²) in [5.41, 5.74) is 0.107. The van der Waals surface area contributed by atoms with Crippen LogP contribution in [0, 0.1) is 5.82 Å². The molecule has 188 valence electrons. The molecule has 1 saturated carbocycles. The van der Waals surface area contributed by atoms with Crippen LogP contribution >= 0.6 is 11.6 Å². The molecule has 6 rings (SSSR count). The number of nitrogens with zero attached hydrogens (tertiary/aromatic N) is 4. The molecule has 36 heavy (non-hydrogen) atoms. The van der Waals surface area contributed by atoms with E-state index in [9.17, 15) is 19.1 Å². The zero-order valence-corrected chi connectivity index (χ0v) is 20.4. The van der Waals surface area contributed by atoms with Crippen LogP contribution in [0.2, 0.25) is 5.02 Å². The molecule has 2 amide bonds. The van der Waals surface area contributed by atoms with Crippen molar-refractivity contribution in [2.75, 3.05) is 37.7 Å². The number of aromatic nitrogens is 1. The highest BCUT2D eigenvalue weighted by molar-refractivity contribution is 6.35. The van der Waals surface area contributed by atoms with Gasteiger partial charge in [-0.15, -0.1) is 0 Å². The van der Waals surface area contributed by atoms with Gasteiger partial charge in [0.1, 0.15) is 40.3 Å². The van der Waals surface area contributed by atoms with Gasteiger partial charge in [0, 0.05) is 31.7 Å². The van der Waals surface area contributed by atoms with Gasteiger partial charge in [-0.1, -0.05) is 24.2 Å². The van der Waals surface area contributed by atoms with E-state index in [-0.39, 0.29) is 63.3 Å². The van der Waals surface area contributed by atoms with Gasteiger partial charge < -0.3 is 24.5 Å². The monoisotopic (exact) mass is 512 g/mol. The Hall–Kier alpha value is -3.33. The fraction of sp³-hybridized carbons (Fsp3) is 0.423. The van der Waals surface area contributed by atoms with E-state index in [2.05, 4.69) is 11.5 Å². The van der Waals surface area contributed by atoms with Gasteiger partial charge >= 0.3 is 0 Å². The molecule has 3 fully saturated rings. The third kappa shape index (κ3) is 3.28. The number of rotatable bonds is 3. The van der Waals surface area contributed by atoms with Crippen LogP contribution in [0.4, 0.5) is 10.2 Å². The van der Waals surface area contributed by atoms with Gasteiger partial charge in [-0.25, -0.2) is 9.37 Å². The Morgan fingerprint density at radius 3 is 2.69 bits per heavy atom. The minimum absolute atomic E-state index is 0.0236. The van der Waals surface area contributed by atoms with Crippen molar-refractivity contribution in [3.05, 3.63) is 47.3 Å². The second-order valence-electron chi connectivity index (χ2n) is 9.87. The molecule has 4 heterocycles. The SMILES string of the molecule is C=CC(=O)N1CCN2C(=O)c3c(N4CCC45CCC5)nc(-c4c(O)cccc4F)c(Cl)c3OC[C@H]2C1. The molecule has 1 aromatic carbocycles. The topological polar surface area (TPSA) is 86.2 Å². The number of piperazine rings is 1. The number of fused-ring (bicyclic) bond motifs is 2. The first-order valence-corrected chi connectivity index (χ1v) is 12.6. The number of hydrogen-bond donors (Lipinski definition) is 1. The summed E-state index contributed by atoms with van der Waals surface area (Å²) in [6, 6.07) is 3.62. The average Bonchev–Trinajstić information content (AvgIpc) is 2.96. The predicted molar refractivity (Wildman–Crippen MR) is 132 cm³/mol. The van der Waals surface area contributed by atoms with Gasteiger partial charge in [0.05, 0.1) is 11.6 Å². The number of ether oxygens (including phenoxy) is 1. The molecule has 8 nitrogen and oxygen atoms in total. The molecule has 1 aromatic heterocycles. The van der Waals surface area contributed by atoms with Crippen molar-refractivity contribution in [3.8, 4) is 22.8 Å². The Morgan fingerprint density at radius 2 is 2.06 bits per heavy atom. The van der Waals surface area contributed by atoms with Gasteiger partial charge in [-0.2, -0.15) is 0 Å². The summed E-state index contributed by atoms with van der Waals surface area (Å²) in [6.07, 6.45) is 5.34. The number of hydrogen-bond acceptors (Lipinski definition) is 6. The van der Waals surface area contributed by atoms with Crippen molar-refractivity contribution in [2.24, 2.45) is 0 Å². The van der Waals surface area contributed by atoms with E-state index in [1.165, 1.54) is 24.3 Å². The lowest BCUT2D eigenvalue weighted by Gasteiger charge is -2.59. The highest BCUT2D eigenvalue weighted by Gasteiger charge is 2.52. The molecule has 4 aliphatic rings. The van der Waals surface area contributed by atoms with E-state index in [4.69, 9.17) is 21.3 Å². The van der Waals surface area contributed by atoms with Crippen molar-refractivity contribution in [2.45, 2.75) is 37.3 Å². The van der Waals surface area contributed by atoms with Crippen LogP contribution in [0.5, 0.6) is 11.5 Å². The fourth-order valence-corrected chi connectivity index (χ4v) is 6.14. The maximum absolute atomic E-state index is 14.9. The van der Waals surface area contributed by atoms with Crippen molar-refractivity contribution in [3.63, 3.8) is 0 Å². The number of phenols is 1. The summed E-state index contributed by atoms with van der Waals surface area (Å²) in [5, 5.41) is 10.5. The molecule has 0 unspecified atom stereocenters. The Kier molecular flexibility index (Phi) is 5.37. The number of benzene rings is 1. The van der Waals surface area contributed by atoms with E-state index in [0.29, 0.717) is 32.0 Å². The largest absolute Gasteiger partial charge is 0.507 e. The highest BCUT2D eigenvalue weighted by Crippen LogP contribution is 2.53. The number of aromatic hydroxyl groups is 1. The Morgan fingerprint density at radius 1 is 1.25 bits per heavy atom. The van der Waals surface area contributed by atoms with E-state index >= 15 is 0 Å². The zero-order valence-electron chi connectivity index (χ0n) is 19.7. The van der Waals surface area contributed by atoms with Crippen LogP contribution in [0.3, 0.4) is 0 Å². The maximum Gasteiger partial charge on any atom is 0.261 e. The lowest BCUT2D eigenvalue weighted by atomic mass is 9.67. The average molecular weight is 513 g/mol. The van der Waals surface area contributed by atoms with E-state index in [1.807, 2.05) is 0 Å². The summed E-state index contributed by atoms with van der Waals surface area (Å²) >= 11 is 6.77. The first-order chi connectivity index (χ1) is 17.3. The maximum atomic E-state index is 14.9. The van der Waals surface area contributed by atoms with Gasteiger partial charge in [-0.3, -0.25) is 9.59 Å². The van der Waals surface area contributed by atoms with Gasteiger partial charge in [0.2, 0.25) is 5.91 Å². The standard InChI is InChI=1S/C26H26ClFN4O4/c1-2-18(34)30-11-12-31-15(13-30)14-36-23-20(25(31)35)24(32-10-9-26(32)7-4-8-26)29-22(21(23)27)19-16(28)5-3-6-17(19)33/h2-3,5-6,15,33H,1,4,7-14H2/t15-/m1/s1. The van der Waals surface area contributed by atoms with Gasteiger partial charge in [0.25, 0.3) is 5.91 Å². The van der Waals surface area contributed by atoms with Crippen molar-refractivity contribution >= 4 is 29.2 Å². The van der Waals surface area contributed by atoms with Crippen LogP contribution in [-0.2, 0) is 4.79 Å². The van der Waals surface area contributed by atoms with Crippen LogP contribution in [-0.4, -0.2) is 76.1 Å². The first kappa shape index (κ1) is 23.1. The van der Waals surface area contributed by atoms with Crippen LogP contribution in [0.25, 0.3) is 11.3 Å². The van der Waals surface area contributed by atoms with Crippen molar-refractivity contribution in [1.29, 1.82) is 0 Å². The smallest absolute Gasteiger partial charge is 0.261 e. The zero-order chi connectivity index (χ0) is 25.2. The molecular formula is C26H26ClFN4O4. The lowest BCUT2D eigenvalue weighted by molar-refractivity contribution is -0.128. The number of pyridine rings is 1. The molecule has 3 aliphatic heterocycles. The quantitative estimate of drug-likeness (QED) is 0.632. The number of amides is 2. The Balaban J connectivity index is 1.50. The summed E-state index contributed by atoms with van der Waals surface area (Å²) in [4.78, 5) is 36.4. The van der Waals surface area contributed by atoms with Crippen LogP contribution in [0.15, 0.2) is 30.9 Å². The van der Waals surface area contributed by atoms with Gasteiger partial charge in [-0.05, 0) is 43.9 Å². The molecule has 1 aliphatic carbocycles. The summed E-state index contributed by atoms with van der Waals surface area (Å²) in [5.74, 6) is -0.890. The fourth-order valence-electron chi connectivity index (χ4n) is 5.86. The highest BCUT2D eigenvalue weighted by atomic mass is 35.5. The molecule has 0 radical (unpaired) electrons. The van der Waals surface area contributed by atoms with Crippen molar-refractivity contribution in [1.82, 2.24) is 14.8 Å². The Bertz CT molecular complexity index is 1270. The minimum Gasteiger partial charge on any atom is -0.507 e. The van der Waals surface area contributed by atoms with Crippen LogP contribution in [0.1, 0.15) is 36.0 Å². The van der Waals surface area contributed by atoms with E-state index in [1.54, 1.807) is 9.80 Å². The predicted octanol–water partition coefficient (Wildman–Crippen LogP) is 3.61. The number of anilines is 1. The molecule has 0 bridgehead atoms. The van der Waals surface area contributed by atoms with Gasteiger partial charge in [0.15, 0.2) is 5.75 Å². The molecule has 2 saturated heterocycles. The number of phenolic OH excluding ortho intramolecular Hbond substituents is 1. The van der Waals surface area contributed by atoms with Crippen molar-refractivity contribution < 1.29 is 23.8 Å². The summed E-state index contributed by atoms with van der Waals surface area (Å²) in [6.45, 7) is 5.40. The lowest BCUT2D eigenvalue weighted by Crippen LogP contribution is -2.65. The molecule has 1 N–H and O–H groups in total. The second kappa shape index (κ2) is 8.37. The van der Waals surface area contributed by atoms with E-state index < -0.39 is 5.82 Å². The summed E-state index contributed by atoms with van der Waals surface area (Å²) < 4.78 is 21.1. The molecular weight excluding hydrogens is 487 g/mol. The molecule has 2 aromatic rings. The molecule has 10 heteroatoms. The minimum atomic E-state index is -0.673. The number of halogens is 2. The van der Waals surface area contributed by atoms with E-state index in [0.717, 1.165) is 25.7 Å². The molecule has 1 spiro atoms. The number of carbonyl (C=O) groups is 2. The first-order valence-electron chi connectivity index (χ1n) is 12.2. The Labute approximate surface area is 212 Å². The second-order valence-corrected chi connectivity index (χ2v) is 10.2.